The van der Waals surface area contributed by atoms with E-state index in [1.807, 2.05) is 24.3 Å². The zero-order valence-electron chi connectivity index (χ0n) is 5.73. The number of halogens is 3. The summed E-state index contributed by atoms with van der Waals surface area (Å²) in [6.07, 6.45) is 0. The lowest BCUT2D eigenvalue weighted by molar-refractivity contribution is 1.15. The van der Waals surface area contributed by atoms with Crippen LogP contribution in [-0.2, 0) is 0 Å². The van der Waals surface area contributed by atoms with Crippen molar-refractivity contribution in [3.63, 3.8) is 0 Å². The van der Waals surface area contributed by atoms with Gasteiger partial charge in [0.25, 0.3) is 0 Å². The molecule has 0 aliphatic carbocycles. The second-order valence-corrected chi connectivity index (χ2v) is 4.36. The highest BCUT2D eigenvalue weighted by molar-refractivity contribution is 9.12. The second-order valence-electron chi connectivity index (χ2n) is 2.17. The smallest absolute Gasteiger partial charge is 0.0492 e. The lowest BCUT2D eigenvalue weighted by Crippen LogP contribution is -1.88. The van der Waals surface area contributed by atoms with Gasteiger partial charge in [-0.2, -0.15) is 0 Å². The summed E-state index contributed by atoms with van der Waals surface area (Å²) >= 11 is 12.6. The minimum atomic E-state index is 0.375. The van der Waals surface area contributed by atoms with Crippen molar-refractivity contribution in [2.45, 2.75) is 4.83 Å². The Morgan fingerprint density at radius 1 is 1.27 bits per heavy atom. The van der Waals surface area contributed by atoms with E-state index >= 15 is 0 Å². The highest BCUT2D eigenvalue weighted by Crippen LogP contribution is 2.25. The Morgan fingerprint density at radius 2 is 1.82 bits per heavy atom. The van der Waals surface area contributed by atoms with Crippen LogP contribution in [0.1, 0.15) is 10.4 Å². The van der Waals surface area contributed by atoms with Crippen LogP contribution in [-0.4, -0.2) is 5.33 Å². The molecule has 0 saturated carbocycles. The molecule has 0 aliphatic rings. The minimum Gasteiger partial charge on any atom is -0.0912 e. The van der Waals surface area contributed by atoms with Crippen molar-refractivity contribution in [2.24, 2.45) is 0 Å². The molecule has 0 fully saturated rings. The predicted molar refractivity (Wildman–Crippen MR) is 56.9 cm³/mol. The van der Waals surface area contributed by atoms with Crippen LogP contribution in [0.15, 0.2) is 24.3 Å². The van der Waals surface area contributed by atoms with Crippen molar-refractivity contribution in [2.75, 3.05) is 5.33 Å². The third kappa shape index (κ3) is 2.77. The number of hydrogen-bond donors (Lipinski definition) is 0. The van der Waals surface area contributed by atoms with Gasteiger partial charge in [0, 0.05) is 15.2 Å². The molecule has 0 aliphatic heterocycles. The van der Waals surface area contributed by atoms with Crippen LogP contribution < -0.4 is 0 Å². The molecule has 1 aromatic carbocycles. The van der Waals surface area contributed by atoms with Crippen LogP contribution >= 0.6 is 43.5 Å². The SMILES string of the molecule is Clc1ccc([C@H](Br)CBr)cc1. The van der Waals surface area contributed by atoms with Crippen molar-refractivity contribution in [1.82, 2.24) is 0 Å². The lowest BCUT2D eigenvalue weighted by atomic mass is 10.2. The molecule has 0 nitrogen and oxygen atoms in total. The molecule has 3 heteroatoms. The fourth-order valence-corrected chi connectivity index (χ4v) is 1.57. The Bertz CT molecular complexity index is 220. The summed E-state index contributed by atoms with van der Waals surface area (Å²) in [4.78, 5) is 0.375. The van der Waals surface area contributed by atoms with E-state index in [0.717, 1.165) is 10.4 Å². The molecular weight excluding hydrogens is 291 g/mol. The van der Waals surface area contributed by atoms with Crippen molar-refractivity contribution >= 4 is 43.5 Å². The zero-order chi connectivity index (χ0) is 8.27. The van der Waals surface area contributed by atoms with Crippen molar-refractivity contribution in [3.05, 3.63) is 34.9 Å². The van der Waals surface area contributed by atoms with Crippen LogP contribution in [0.3, 0.4) is 0 Å². The van der Waals surface area contributed by atoms with E-state index in [1.54, 1.807) is 0 Å². The van der Waals surface area contributed by atoms with Gasteiger partial charge < -0.3 is 0 Å². The zero-order valence-corrected chi connectivity index (χ0v) is 9.66. The van der Waals surface area contributed by atoms with Crippen molar-refractivity contribution in [1.29, 1.82) is 0 Å². The van der Waals surface area contributed by atoms with Gasteiger partial charge in [0.1, 0.15) is 0 Å². The second kappa shape index (κ2) is 4.48. The maximum Gasteiger partial charge on any atom is 0.0492 e. The molecule has 0 aromatic heterocycles. The molecule has 0 amide bonds. The van der Waals surface area contributed by atoms with E-state index in [4.69, 9.17) is 11.6 Å². The Labute approximate surface area is 88.2 Å². The van der Waals surface area contributed by atoms with Gasteiger partial charge >= 0.3 is 0 Å². The van der Waals surface area contributed by atoms with Gasteiger partial charge in [-0.15, -0.1) is 0 Å². The summed E-state index contributed by atoms with van der Waals surface area (Å²) in [5.41, 5.74) is 1.24. The monoisotopic (exact) mass is 296 g/mol. The molecule has 0 radical (unpaired) electrons. The third-order valence-corrected chi connectivity index (χ3v) is 3.99. The van der Waals surface area contributed by atoms with E-state index < -0.39 is 0 Å². The first kappa shape index (κ1) is 9.56. The molecule has 0 heterocycles. The van der Waals surface area contributed by atoms with Gasteiger partial charge in [0.15, 0.2) is 0 Å². The summed E-state index contributed by atoms with van der Waals surface area (Å²) in [7, 11) is 0. The van der Waals surface area contributed by atoms with E-state index in [1.165, 1.54) is 5.56 Å². The summed E-state index contributed by atoms with van der Waals surface area (Å²) in [6, 6.07) is 7.83. The van der Waals surface area contributed by atoms with E-state index in [2.05, 4.69) is 31.9 Å². The van der Waals surface area contributed by atoms with E-state index in [-0.39, 0.29) is 0 Å². The van der Waals surface area contributed by atoms with Gasteiger partial charge in [0.05, 0.1) is 0 Å². The molecule has 0 saturated heterocycles. The van der Waals surface area contributed by atoms with Crippen LogP contribution in [0.2, 0.25) is 5.02 Å². The fraction of sp³-hybridized carbons (Fsp3) is 0.250. The summed E-state index contributed by atoms with van der Waals surface area (Å²) < 4.78 is 0. The topological polar surface area (TPSA) is 0 Å². The first-order chi connectivity index (χ1) is 5.24. The van der Waals surface area contributed by atoms with Gasteiger partial charge in [0.2, 0.25) is 0 Å². The number of benzene rings is 1. The minimum absolute atomic E-state index is 0.375. The molecular formula is C8H7Br2Cl. The third-order valence-electron chi connectivity index (χ3n) is 1.37. The fourth-order valence-electron chi connectivity index (χ4n) is 0.761. The maximum absolute atomic E-state index is 5.73. The predicted octanol–water partition coefficient (Wildman–Crippen LogP) is 4.17. The lowest BCUT2D eigenvalue weighted by Gasteiger charge is -2.04. The largest absolute Gasteiger partial charge is 0.0912 e. The summed E-state index contributed by atoms with van der Waals surface area (Å²) in [5, 5.41) is 1.69. The highest BCUT2D eigenvalue weighted by Gasteiger charge is 2.03. The molecule has 1 aromatic rings. The molecule has 0 unspecified atom stereocenters. The molecule has 0 spiro atoms. The molecule has 0 bridgehead atoms. The molecule has 1 rings (SSSR count). The Hall–Kier alpha value is 0.470. The average molecular weight is 298 g/mol. The first-order valence-corrected chi connectivity index (χ1v) is 5.61. The Balaban J connectivity index is 2.81. The normalized spacial score (nSPS) is 13.0. The highest BCUT2D eigenvalue weighted by atomic mass is 79.9. The number of alkyl halides is 2. The molecule has 1 atom stereocenters. The maximum atomic E-state index is 5.73. The first-order valence-electron chi connectivity index (χ1n) is 3.19. The van der Waals surface area contributed by atoms with Crippen LogP contribution in [0, 0.1) is 0 Å². The van der Waals surface area contributed by atoms with Crippen molar-refractivity contribution < 1.29 is 0 Å². The van der Waals surface area contributed by atoms with Gasteiger partial charge in [-0.05, 0) is 17.7 Å². The van der Waals surface area contributed by atoms with Crippen LogP contribution in [0.5, 0.6) is 0 Å². The summed E-state index contributed by atoms with van der Waals surface area (Å²) in [6.45, 7) is 0. The molecule has 0 N–H and O–H groups in total. The van der Waals surface area contributed by atoms with Gasteiger partial charge in [-0.1, -0.05) is 55.6 Å². The van der Waals surface area contributed by atoms with Gasteiger partial charge in [-0.25, -0.2) is 0 Å². The molecule has 11 heavy (non-hydrogen) atoms. The Kier molecular flexibility index (Phi) is 3.90. The Morgan fingerprint density at radius 3 is 2.27 bits per heavy atom. The number of hydrogen-bond acceptors (Lipinski definition) is 0. The van der Waals surface area contributed by atoms with E-state index in [0.29, 0.717) is 4.83 Å². The van der Waals surface area contributed by atoms with Gasteiger partial charge in [-0.3, -0.25) is 0 Å². The summed E-state index contributed by atoms with van der Waals surface area (Å²) in [5.74, 6) is 0. The van der Waals surface area contributed by atoms with Crippen molar-refractivity contribution in [3.8, 4) is 0 Å². The molecule has 60 valence electrons. The average Bonchev–Trinajstić information content (AvgIpc) is 2.05. The quantitative estimate of drug-likeness (QED) is 0.719. The standard InChI is InChI=1S/C8H7Br2Cl/c9-5-8(10)6-1-3-7(11)4-2-6/h1-4,8H,5H2/t8-/m1/s1. The van der Waals surface area contributed by atoms with Crippen LogP contribution in [0.25, 0.3) is 0 Å². The number of rotatable bonds is 2. The van der Waals surface area contributed by atoms with Crippen LogP contribution in [0.4, 0.5) is 0 Å². The van der Waals surface area contributed by atoms with E-state index in [9.17, 15) is 0 Å².